The van der Waals surface area contributed by atoms with Gasteiger partial charge in [-0.2, -0.15) is 0 Å². The minimum atomic E-state index is -0.636. The normalized spacial score (nSPS) is 11.0. The van der Waals surface area contributed by atoms with Crippen LogP contribution in [0, 0.1) is 0 Å². The summed E-state index contributed by atoms with van der Waals surface area (Å²) in [6, 6.07) is 7.48. The number of hydrogen-bond acceptors (Lipinski definition) is 6. The van der Waals surface area contributed by atoms with E-state index >= 15 is 0 Å². The van der Waals surface area contributed by atoms with Crippen LogP contribution in [0.1, 0.15) is 51.4 Å². The Morgan fingerprint density at radius 1 is 1.11 bits per heavy atom. The topological polar surface area (TPSA) is 73.9 Å². The first kappa shape index (κ1) is 21.8. The molecule has 0 atom stereocenters. The summed E-state index contributed by atoms with van der Waals surface area (Å²) < 4.78 is 16.1. The molecule has 0 bridgehead atoms. The number of anilines is 1. The third-order valence-electron chi connectivity index (χ3n) is 3.52. The van der Waals surface area contributed by atoms with Gasteiger partial charge in [-0.25, -0.2) is 9.59 Å². The molecule has 0 aliphatic carbocycles. The summed E-state index contributed by atoms with van der Waals surface area (Å²) in [6.07, 6.45) is 0.314. The van der Waals surface area contributed by atoms with Gasteiger partial charge in [0.2, 0.25) is 0 Å². The average molecular weight is 406 g/mol. The van der Waals surface area contributed by atoms with Gasteiger partial charge in [-0.3, -0.25) is 5.32 Å². The van der Waals surface area contributed by atoms with Crippen molar-refractivity contribution in [2.45, 2.75) is 46.6 Å². The zero-order valence-corrected chi connectivity index (χ0v) is 17.8. The van der Waals surface area contributed by atoms with Gasteiger partial charge in [-0.05, 0) is 51.8 Å². The van der Waals surface area contributed by atoms with E-state index in [-0.39, 0.29) is 6.61 Å². The Balaban J connectivity index is 2.32. The molecule has 1 N–H and O–H groups in total. The Morgan fingerprint density at radius 3 is 2.36 bits per heavy atom. The van der Waals surface area contributed by atoms with E-state index in [0.717, 1.165) is 17.7 Å². The highest BCUT2D eigenvalue weighted by Gasteiger charge is 2.24. The molecule has 0 radical (unpaired) electrons. The highest BCUT2D eigenvalue weighted by molar-refractivity contribution is 7.15. The molecule has 28 heavy (non-hydrogen) atoms. The maximum absolute atomic E-state index is 12.6. The summed E-state index contributed by atoms with van der Waals surface area (Å²) >= 11 is 1.25. The number of ether oxygens (including phenoxy) is 3. The second-order valence-electron chi connectivity index (χ2n) is 7.07. The molecule has 0 aliphatic heterocycles. The Bertz CT molecular complexity index is 805. The fraction of sp³-hybridized carbons (Fsp3) is 0.429. The minimum absolute atomic E-state index is 0.240. The van der Waals surface area contributed by atoms with E-state index in [0.29, 0.717) is 22.7 Å². The molecule has 6 nitrogen and oxygen atoms in total. The second-order valence-corrected chi connectivity index (χ2v) is 7.95. The summed E-state index contributed by atoms with van der Waals surface area (Å²) in [5.41, 5.74) is 1.21. The molecule has 2 aromatic rings. The van der Waals surface area contributed by atoms with Crippen LogP contribution in [0.5, 0.6) is 5.75 Å². The van der Waals surface area contributed by atoms with Crippen molar-refractivity contribution in [3.8, 4) is 16.9 Å². The highest BCUT2D eigenvalue weighted by Crippen LogP contribution is 2.37. The SMILES string of the molecule is CCCOc1ccc(-c2csc(NC(=O)OC(C)(C)C)c2C(=O)OCC)cc1. The van der Waals surface area contributed by atoms with Crippen molar-refractivity contribution in [1.29, 1.82) is 0 Å². The molecular formula is C21H27NO5S. The lowest BCUT2D eigenvalue weighted by Gasteiger charge is -2.19. The molecule has 7 heteroatoms. The molecule has 1 amide bonds. The van der Waals surface area contributed by atoms with Crippen molar-refractivity contribution in [3.63, 3.8) is 0 Å². The summed E-state index contributed by atoms with van der Waals surface area (Å²) in [5, 5.41) is 4.89. The fourth-order valence-corrected chi connectivity index (χ4v) is 3.36. The van der Waals surface area contributed by atoms with E-state index in [1.165, 1.54) is 11.3 Å². The standard InChI is InChI=1S/C21H27NO5S/c1-6-12-26-15-10-8-14(9-11-15)16-13-28-18(17(16)19(23)25-7-2)22-20(24)27-21(3,4)5/h8-11,13H,6-7,12H2,1-5H3,(H,22,24). The monoisotopic (exact) mass is 405 g/mol. The molecule has 0 aliphatic rings. The van der Waals surface area contributed by atoms with Crippen molar-refractivity contribution in [3.05, 3.63) is 35.2 Å². The van der Waals surface area contributed by atoms with Crippen LogP contribution in [0.4, 0.5) is 9.80 Å². The predicted octanol–water partition coefficient (Wildman–Crippen LogP) is 5.73. The molecular weight excluding hydrogens is 378 g/mol. The number of hydrogen-bond donors (Lipinski definition) is 1. The first-order valence-electron chi connectivity index (χ1n) is 9.27. The van der Waals surface area contributed by atoms with Gasteiger partial charge >= 0.3 is 12.1 Å². The maximum Gasteiger partial charge on any atom is 0.412 e. The van der Waals surface area contributed by atoms with Gasteiger partial charge in [0, 0.05) is 10.9 Å². The predicted molar refractivity (Wildman–Crippen MR) is 111 cm³/mol. The number of nitrogens with one attached hydrogen (secondary N) is 1. The summed E-state index contributed by atoms with van der Waals surface area (Å²) in [7, 11) is 0. The van der Waals surface area contributed by atoms with Gasteiger partial charge in [-0.1, -0.05) is 19.1 Å². The third-order valence-corrected chi connectivity index (χ3v) is 4.42. The number of carbonyl (C=O) groups is 2. The molecule has 0 saturated carbocycles. The Kier molecular flexibility index (Phi) is 7.45. The fourth-order valence-electron chi connectivity index (χ4n) is 2.42. The zero-order valence-electron chi connectivity index (χ0n) is 17.0. The van der Waals surface area contributed by atoms with Crippen molar-refractivity contribution in [2.75, 3.05) is 18.5 Å². The molecule has 1 aromatic heterocycles. The largest absolute Gasteiger partial charge is 0.494 e. The number of amides is 1. The van der Waals surface area contributed by atoms with Crippen molar-refractivity contribution >= 4 is 28.4 Å². The second kappa shape index (κ2) is 9.59. The van der Waals surface area contributed by atoms with Crippen molar-refractivity contribution < 1.29 is 23.8 Å². The van der Waals surface area contributed by atoms with E-state index in [4.69, 9.17) is 14.2 Å². The van der Waals surface area contributed by atoms with E-state index in [2.05, 4.69) is 5.32 Å². The lowest BCUT2D eigenvalue weighted by molar-refractivity contribution is 0.0529. The Labute approximate surface area is 169 Å². The molecule has 2 rings (SSSR count). The molecule has 0 spiro atoms. The number of thiophene rings is 1. The van der Waals surface area contributed by atoms with Crippen LogP contribution in [-0.2, 0) is 9.47 Å². The zero-order chi connectivity index (χ0) is 20.7. The number of esters is 1. The quantitative estimate of drug-likeness (QED) is 0.596. The van der Waals surface area contributed by atoms with Crippen LogP contribution in [0.15, 0.2) is 29.6 Å². The molecule has 1 heterocycles. The molecule has 0 fully saturated rings. The molecule has 0 saturated heterocycles. The third kappa shape index (κ3) is 5.99. The van der Waals surface area contributed by atoms with Crippen molar-refractivity contribution in [1.82, 2.24) is 0 Å². The lowest BCUT2D eigenvalue weighted by Crippen LogP contribution is -2.27. The Hall–Kier alpha value is -2.54. The van der Waals surface area contributed by atoms with Crippen LogP contribution in [0.3, 0.4) is 0 Å². The van der Waals surface area contributed by atoms with Gasteiger partial charge in [0.25, 0.3) is 0 Å². The molecule has 0 unspecified atom stereocenters. The van der Waals surface area contributed by atoms with Crippen LogP contribution in [-0.4, -0.2) is 30.9 Å². The van der Waals surface area contributed by atoms with Gasteiger partial charge in [-0.15, -0.1) is 11.3 Å². The average Bonchev–Trinajstić information content (AvgIpc) is 3.02. The maximum atomic E-state index is 12.6. The number of rotatable bonds is 7. The first-order chi connectivity index (χ1) is 13.2. The highest BCUT2D eigenvalue weighted by atomic mass is 32.1. The van der Waals surface area contributed by atoms with Crippen LogP contribution < -0.4 is 10.1 Å². The molecule has 1 aromatic carbocycles. The molecule has 152 valence electrons. The minimum Gasteiger partial charge on any atom is -0.494 e. The smallest absolute Gasteiger partial charge is 0.412 e. The van der Waals surface area contributed by atoms with E-state index < -0.39 is 17.7 Å². The van der Waals surface area contributed by atoms with Gasteiger partial charge in [0.1, 0.15) is 21.9 Å². The van der Waals surface area contributed by atoms with Crippen molar-refractivity contribution in [2.24, 2.45) is 0 Å². The van der Waals surface area contributed by atoms with Crippen LogP contribution in [0.2, 0.25) is 0 Å². The lowest BCUT2D eigenvalue weighted by atomic mass is 10.0. The van der Waals surface area contributed by atoms with Gasteiger partial charge in [0.15, 0.2) is 0 Å². The van der Waals surface area contributed by atoms with Crippen LogP contribution >= 0.6 is 11.3 Å². The van der Waals surface area contributed by atoms with E-state index in [1.54, 1.807) is 27.7 Å². The van der Waals surface area contributed by atoms with Crippen LogP contribution in [0.25, 0.3) is 11.1 Å². The summed E-state index contributed by atoms with van der Waals surface area (Å²) in [4.78, 5) is 24.7. The number of benzene rings is 1. The van der Waals surface area contributed by atoms with E-state index in [9.17, 15) is 9.59 Å². The summed E-state index contributed by atoms with van der Waals surface area (Å²) in [5.74, 6) is 0.279. The van der Waals surface area contributed by atoms with E-state index in [1.807, 2.05) is 36.6 Å². The first-order valence-corrected chi connectivity index (χ1v) is 10.1. The summed E-state index contributed by atoms with van der Waals surface area (Å²) in [6.45, 7) is 10.0. The van der Waals surface area contributed by atoms with Gasteiger partial charge < -0.3 is 14.2 Å². The Morgan fingerprint density at radius 2 is 1.79 bits per heavy atom. The number of carbonyl (C=O) groups excluding carboxylic acids is 2. The van der Waals surface area contributed by atoms with Gasteiger partial charge in [0.05, 0.1) is 13.2 Å².